The molecule has 1 aromatic carbocycles. The highest BCUT2D eigenvalue weighted by Gasteiger charge is 2.19. The van der Waals surface area contributed by atoms with Gasteiger partial charge in [-0.2, -0.15) is 5.26 Å². The van der Waals surface area contributed by atoms with Crippen molar-refractivity contribution >= 4 is 34.5 Å². The summed E-state index contributed by atoms with van der Waals surface area (Å²) in [6, 6.07) is 10.7. The lowest BCUT2D eigenvalue weighted by Crippen LogP contribution is -3.11. The number of nitrogens with zero attached hydrogens (tertiary/aromatic N) is 3. The minimum absolute atomic E-state index is 0.208. The van der Waals surface area contributed by atoms with Crippen molar-refractivity contribution in [2.75, 3.05) is 18.4 Å². The Morgan fingerprint density at radius 1 is 1.39 bits per heavy atom. The predicted molar refractivity (Wildman–Crippen MR) is 107 cm³/mol. The largest absolute Gasteiger partial charge is 0.414 e. The molecule has 3 rings (SSSR count). The number of rotatable bonds is 8. The molecule has 2 heterocycles. The molecule has 3 aromatic rings. The summed E-state index contributed by atoms with van der Waals surface area (Å²) in [5, 5.41) is 22.5. The number of carbonyl (C=O) groups is 1. The van der Waals surface area contributed by atoms with Crippen LogP contribution in [0, 0.1) is 11.3 Å². The van der Waals surface area contributed by atoms with E-state index < -0.39 is 0 Å². The molecule has 0 radical (unpaired) electrons. The van der Waals surface area contributed by atoms with Gasteiger partial charge in [-0.25, -0.2) is 0 Å². The van der Waals surface area contributed by atoms with Crippen LogP contribution in [0.3, 0.4) is 0 Å². The van der Waals surface area contributed by atoms with Gasteiger partial charge in [0.05, 0.1) is 22.7 Å². The summed E-state index contributed by atoms with van der Waals surface area (Å²) in [5.74, 6) is 0.767. The molecule has 1 amide bonds. The fraction of sp³-hybridized carbons (Fsp3) is 0.263. The van der Waals surface area contributed by atoms with Crippen LogP contribution in [0.1, 0.15) is 24.8 Å². The lowest BCUT2D eigenvalue weighted by Gasteiger charge is -2.17. The highest BCUT2D eigenvalue weighted by Crippen LogP contribution is 2.22. The van der Waals surface area contributed by atoms with E-state index in [-0.39, 0.29) is 12.5 Å². The van der Waals surface area contributed by atoms with E-state index in [1.807, 2.05) is 24.4 Å². The van der Waals surface area contributed by atoms with E-state index in [0.29, 0.717) is 34.6 Å². The first-order valence-electron chi connectivity index (χ1n) is 8.78. The van der Waals surface area contributed by atoms with Gasteiger partial charge in [-0.15, -0.1) is 21.5 Å². The molecular weight excluding hydrogens is 398 g/mol. The zero-order chi connectivity index (χ0) is 19.9. The summed E-state index contributed by atoms with van der Waals surface area (Å²) in [4.78, 5) is 14.4. The van der Waals surface area contributed by atoms with Crippen molar-refractivity contribution in [1.29, 1.82) is 5.26 Å². The maximum Gasteiger partial charge on any atom is 0.279 e. The first kappa shape index (κ1) is 20.0. The fourth-order valence-corrected chi connectivity index (χ4v) is 3.59. The SMILES string of the molecule is CCC[NH+](CC(=O)Nc1cc(Cl)ccc1C#N)Cc1nnc(-c2cccs2)o1. The van der Waals surface area contributed by atoms with Crippen LogP contribution in [-0.2, 0) is 11.3 Å². The summed E-state index contributed by atoms with van der Waals surface area (Å²) in [7, 11) is 0. The number of thiophene rings is 1. The topological polar surface area (TPSA) is 96.2 Å². The average Bonchev–Trinajstić information content (AvgIpc) is 3.33. The van der Waals surface area contributed by atoms with Gasteiger partial charge >= 0.3 is 0 Å². The molecule has 2 N–H and O–H groups in total. The van der Waals surface area contributed by atoms with E-state index in [0.717, 1.165) is 22.7 Å². The molecule has 2 aromatic heterocycles. The molecule has 1 unspecified atom stereocenters. The maximum absolute atomic E-state index is 12.5. The highest BCUT2D eigenvalue weighted by atomic mass is 35.5. The number of benzene rings is 1. The molecule has 1 atom stereocenters. The van der Waals surface area contributed by atoms with Crippen molar-refractivity contribution in [1.82, 2.24) is 10.2 Å². The van der Waals surface area contributed by atoms with Crippen LogP contribution in [0.4, 0.5) is 5.69 Å². The minimum Gasteiger partial charge on any atom is -0.414 e. The van der Waals surface area contributed by atoms with E-state index in [1.165, 1.54) is 11.3 Å². The van der Waals surface area contributed by atoms with Gasteiger partial charge in [0.15, 0.2) is 13.1 Å². The van der Waals surface area contributed by atoms with Gasteiger partial charge in [-0.3, -0.25) is 4.79 Å². The van der Waals surface area contributed by atoms with Crippen molar-refractivity contribution in [2.24, 2.45) is 0 Å². The first-order chi connectivity index (χ1) is 13.6. The molecule has 0 aliphatic rings. The monoisotopic (exact) mass is 416 g/mol. The molecule has 0 aliphatic carbocycles. The highest BCUT2D eigenvalue weighted by molar-refractivity contribution is 7.13. The number of hydrogen-bond acceptors (Lipinski definition) is 6. The number of nitrogens with one attached hydrogen (secondary N) is 2. The summed E-state index contributed by atoms with van der Waals surface area (Å²) >= 11 is 7.50. The average molecular weight is 417 g/mol. The molecule has 28 heavy (non-hydrogen) atoms. The molecular formula is C19H19ClN5O2S+. The van der Waals surface area contributed by atoms with E-state index in [2.05, 4.69) is 21.6 Å². The second-order valence-electron chi connectivity index (χ2n) is 6.18. The standard InChI is InChI=1S/C19H18ClN5O2S/c1-2-7-25(12-18-23-24-19(27-18)16-4-3-8-28-16)11-17(26)22-15-9-14(20)6-5-13(15)10-21/h3-6,8-9H,2,7,11-12H2,1H3,(H,22,26)/p+1. The van der Waals surface area contributed by atoms with Crippen LogP contribution in [0.2, 0.25) is 5.02 Å². The van der Waals surface area contributed by atoms with Gasteiger partial charge in [-0.05, 0) is 36.1 Å². The predicted octanol–water partition coefficient (Wildman–Crippen LogP) is 2.76. The Morgan fingerprint density at radius 3 is 2.96 bits per heavy atom. The zero-order valence-corrected chi connectivity index (χ0v) is 16.8. The van der Waals surface area contributed by atoms with Gasteiger partial charge in [0.1, 0.15) is 6.07 Å². The Balaban J connectivity index is 1.65. The van der Waals surface area contributed by atoms with Crippen molar-refractivity contribution in [3.63, 3.8) is 0 Å². The summed E-state index contributed by atoms with van der Waals surface area (Å²) in [5.41, 5.74) is 0.779. The second-order valence-corrected chi connectivity index (χ2v) is 7.57. The van der Waals surface area contributed by atoms with Crippen molar-refractivity contribution < 1.29 is 14.1 Å². The van der Waals surface area contributed by atoms with E-state index in [1.54, 1.807) is 18.2 Å². The Morgan fingerprint density at radius 2 is 2.25 bits per heavy atom. The van der Waals surface area contributed by atoms with Crippen LogP contribution in [0.5, 0.6) is 0 Å². The normalized spacial score (nSPS) is 11.8. The Hall–Kier alpha value is -2.73. The molecule has 0 spiro atoms. The minimum atomic E-state index is -0.208. The lowest BCUT2D eigenvalue weighted by atomic mass is 10.2. The molecule has 0 fully saturated rings. The Bertz CT molecular complexity index is 981. The zero-order valence-electron chi connectivity index (χ0n) is 15.2. The van der Waals surface area contributed by atoms with Crippen LogP contribution in [0.25, 0.3) is 10.8 Å². The quantitative estimate of drug-likeness (QED) is 0.588. The molecule has 7 nitrogen and oxygen atoms in total. The van der Waals surface area contributed by atoms with E-state index >= 15 is 0 Å². The second kappa shape index (κ2) is 9.46. The van der Waals surface area contributed by atoms with Gasteiger partial charge < -0.3 is 14.6 Å². The van der Waals surface area contributed by atoms with E-state index in [4.69, 9.17) is 16.0 Å². The van der Waals surface area contributed by atoms with Gasteiger partial charge in [0.25, 0.3) is 17.7 Å². The molecule has 0 saturated carbocycles. The lowest BCUT2D eigenvalue weighted by molar-refractivity contribution is -0.907. The summed E-state index contributed by atoms with van der Waals surface area (Å²) in [6.45, 7) is 3.47. The summed E-state index contributed by atoms with van der Waals surface area (Å²) < 4.78 is 5.73. The van der Waals surface area contributed by atoms with Crippen LogP contribution < -0.4 is 10.2 Å². The molecule has 0 saturated heterocycles. The number of carbonyl (C=O) groups excluding carboxylic acids is 1. The van der Waals surface area contributed by atoms with Crippen molar-refractivity contribution in [3.05, 3.63) is 52.2 Å². The van der Waals surface area contributed by atoms with Gasteiger partial charge in [-0.1, -0.05) is 24.6 Å². The van der Waals surface area contributed by atoms with Crippen molar-refractivity contribution in [3.8, 4) is 16.8 Å². The van der Waals surface area contributed by atoms with Crippen LogP contribution in [0.15, 0.2) is 40.1 Å². The first-order valence-corrected chi connectivity index (χ1v) is 10.0. The number of halogens is 1. The molecule has 0 aliphatic heterocycles. The third-order valence-electron chi connectivity index (χ3n) is 3.99. The molecule has 9 heteroatoms. The number of anilines is 1. The van der Waals surface area contributed by atoms with Crippen molar-refractivity contribution in [2.45, 2.75) is 19.9 Å². The third-order valence-corrected chi connectivity index (χ3v) is 5.08. The molecule has 0 bridgehead atoms. The fourth-order valence-electron chi connectivity index (χ4n) is 2.77. The number of quaternary nitrogens is 1. The maximum atomic E-state index is 12.5. The molecule has 144 valence electrons. The van der Waals surface area contributed by atoms with Crippen LogP contribution >= 0.6 is 22.9 Å². The van der Waals surface area contributed by atoms with Gasteiger partial charge in [0, 0.05) is 5.02 Å². The Kier molecular flexibility index (Phi) is 6.76. The third kappa shape index (κ3) is 5.16. The van der Waals surface area contributed by atoms with E-state index in [9.17, 15) is 10.1 Å². The van der Waals surface area contributed by atoms with Gasteiger partial charge in [0.2, 0.25) is 0 Å². The Labute approximate surface area is 171 Å². The van der Waals surface area contributed by atoms with Crippen LogP contribution in [-0.4, -0.2) is 29.2 Å². The number of nitriles is 1. The smallest absolute Gasteiger partial charge is 0.279 e. The number of amides is 1. The number of hydrogen-bond donors (Lipinski definition) is 2. The summed E-state index contributed by atoms with van der Waals surface area (Å²) in [6.07, 6.45) is 0.898. The number of aromatic nitrogens is 2.